The maximum atomic E-state index is 11.9. The minimum Gasteiger partial charge on any atom is -0.337 e. The van der Waals surface area contributed by atoms with Crippen molar-refractivity contribution < 1.29 is 18.0 Å². The molecule has 1 aliphatic heterocycles. The van der Waals surface area contributed by atoms with Gasteiger partial charge in [-0.05, 0) is 6.92 Å². The molecule has 1 N–H and O–H groups in total. The van der Waals surface area contributed by atoms with Crippen molar-refractivity contribution in [3.63, 3.8) is 0 Å². The highest BCUT2D eigenvalue weighted by Crippen LogP contribution is 2.21. The molecule has 1 aliphatic rings. The van der Waals surface area contributed by atoms with Gasteiger partial charge in [0.05, 0.1) is 0 Å². The third-order valence-corrected chi connectivity index (χ3v) is 2.17. The van der Waals surface area contributed by atoms with E-state index in [4.69, 9.17) is 0 Å². The molecule has 0 aliphatic carbocycles. The molecule has 7 heteroatoms. The summed E-state index contributed by atoms with van der Waals surface area (Å²) in [5.41, 5.74) is 0. The van der Waals surface area contributed by atoms with Crippen molar-refractivity contribution in [1.29, 1.82) is 0 Å². The summed E-state index contributed by atoms with van der Waals surface area (Å²) < 4.78 is 35.8. The first-order valence-corrected chi connectivity index (χ1v) is 4.47. The van der Waals surface area contributed by atoms with Gasteiger partial charge in [-0.15, -0.1) is 12.4 Å². The van der Waals surface area contributed by atoms with Crippen molar-refractivity contribution in [2.75, 3.05) is 19.6 Å². The van der Waals surface area contributed by atoms with Crippen molar-refractivity contribution in [3.05, 3.63) is 0 Å². The van der Waals surface area contributed by atoms with Crippen LogP contribution in [-0.2, 0) is 4.79 Å². The maximum absolute atomic E-state index is 11.9. The largest absolute Gasteiger partial charge is 0.397 e. The van der Waals surface area contributed by atoms with Crippen LogP contribution in [-0.4, -0.2) is 42.7 Å². The molecule has 0 saturated carbocycles. The van der Waals surface area contributed by atoms with E-state index in [0.29, 0.717) is 19.6 Å². The summed E-state index contributed by atoms with van der Waals surface area (Å²) in [6.07, 6.45) is -5.75. The van der Waals surface area contributed by atoms with Gasteiger partial charge in [0.25, 0.3) is 0 Å². The van der Waals surface area contributed by atoms with Crippen LogP contribution in [0.4, 0.5) is 13.2 Å². The van der Waals surface area contributed by atoms with E-state index in [0.717, 1.165) is 0 Å². The number of carbonyl (C=O) groups is 1. The molecule has 0 aromatic heterocycles. The molecular formula is C8H14ClF3N2O. The van der Waals surface area contributed by atoms with Gasteiger partial charge in [-0.3, -0.25) is 4.79 Å². The summed E-state index contributed by atoms with van der Waals surface area (Å²) in [6.45, 7) is 3.22. The number of alkyl halides is 3. The summed E-state index contributed by atoms with van der Waals surface area (Å²) in [4.78, 5) is 12.5. The Balaban J connectivity index is 0.00000196. The predicted octanol–water partition coefficient (Wildman–Crippen LogP) is 1.18. The molecule has 0 aromatic carbocycles. The molecule has 1 heterocycles. The first-order chi connectivity index (χ1) is 6.40. The molecule has 1 rings (SSSR count). The van der Waals surface area contributed by atoms with Crippen LogP contribution in [0.2, 0.25) is 0 Å². The third kappa shape index (κ3) is 4.70. The molecule has 1 saturated heterocycles. The fourth-order valence-corrected chi connectivity index (χ4v) is 1.48. The van der Waals surface area contributed by atoms with E-state index >= 15 is 0 Å². The highest BCUT2D eigenvalue weighted by Gasteiger charge is 2.35. The van der Waals surface area contributed by atoms with Crippen LogP contribution in [0.1, 0.15) is 13.3 Å². The van der Waals surface area contributed by atoms with Crippen LogP contribution < -0.4 is 5.32 Å². The van der Waals surface area contributed by atoms with Crippen LogP contribution in [0.15, 0.2) is 0 Å². The second-order valence-corrected chi connectivity index (χ2v) is 3.43. The first kappa shape index (κ1) is 14.5. The average Bonchev–Trinajstić information content (AvgIpc) is 2.01. The third-order valence-electron chi connectivity index (χ3n) is 2.17. The zero-order chi connectivity index (χ0) is 10.8. The lowest BCUT2D eigenvalue weighted by Gasteiger charge is -2.34. The lowest BCUT2D eigenvalue weighted by atomic mass is 10.2. The van der Waals surface area contributed by atoms with Gasteiger partial charge < -0.3 is 10.2 Å². The molecule has 0 unspecified atom stereocenters. The van der Waals surface area contributed by atoms with E-state index in [9.17, 15) is 18.0 Å². The molecule has 0 spiro atoms. The molecule has 1 fully saturated rings. The van der Waals surface area contributed by atoms with Gasteiger partial charge in [0.15, 0.2) is 0 Å². The van der Waals surface area contributed by atoms with E-state index in [1.165, 1.54) is 4.90 Å². The Morgan fingerprint density at radius 1 is 1.53 bits per heavy atom. The van der Waals surface area contributed by atoms with E-state index in [-0.39, 0.29) is 18.4 Å². The number of nitrogens with zero attached hydrogens (tertiary/aromatic N) is 1. The summed E-state index contributed by atoms with van der Waals surface area (Å²) in [6, 6.07) is -0.154. The Morgan fingerprint density at radius 3 is 2.60 bits per heavy atom. The zero-order valence-electron chi connectivity index (χ0n) is 8.30. The lowest BCUT2D eigenvalue weighted by molar-refractivity contribution is -0.163. The average molecular weight is 247 g/mol. The van der Waals surface area contributed by atoms with Gasteiger partial charge in [-0.1, -0.05) is 0 Å². The van der Waals surface area contributed by atoms with Crippen LogP contribution in [0.5, 0.6) is 0 Å². The van der Waals surface area contributed by atoms with Gasteiger partial charge in [-0.2, -0.15) is 13.2 Å². The van der Waals surface area contributed by atoms with E-state index in [2.05, 4.69) is 5.32 Å². The summed E-state index contributed by atoms with van der Waals surface area (Å²) in [5.74, 6) is -0.827. The van der Waals surface area contributed by atoms with E-state index in [1.807, 2.05) is 0 Å². The van der Waals surface area contributed by atoms with Crippen molar-refractivity contribution >= 4 is 18.3 Å². The van der Waals surface area contributed by atoms with Gasteiger partial charge in [-0.25, -0.2) is 0 Å². The monoisotopic (exact) mass is 246 g/mol. The van der Waals surface area contributed by atoms with Crippen LogP contribution in [0, 0.1) is 0 Å². The number of rotatable bonds is 1. The number of amides is 1. The minimum absolute atomic E-state index is 0. The summed E-state index contributed by atoms with van der Waals surface area (Å²) in [7, 11) is 0. The molecule has 90 valence electrons. The first-order valence-electron chi connectivity index (χ1n) is 4.47. The molecule has 1 atom stereocenters. The Bertz CT molecular complexity index is 222. The number of piperazine rings is 1. The number of carbonyl (C=O) groups excluding carboxylic acids is 1. The van der Waals surface area contributed by atoms with Gasteiger partial charge in [0, 0.05) is 25.7 Å². The van der Waals surface area contributed by atoms with Crippen LogP contribution >= 0.6 is 12.4 Å². The number of halogens is 4. The fourth-order valence-electron chi connectivity index (χ4n) is 1.48. The SMILES string of the molecule is C[C@H]1CNCCN1C(=O)CC(F)(F)F.Cl. The molecule has 0 aromatic rings. The van der Waals surface area contributed by atoms with Gasteiger partial charge in [0.2, 0.25) is 5.91 Å². The number of hydrogen-bond donors (Lipinski definition) is 1. The van der Waals surface area contributed by atoms with Crippen molar-refractivity contribution in [2.24, 2.45) is 0 Å². The Labute approximate surface area is 92.4 Å². The van der Waals surface area contributed by atoms with Crippen LogP contribution in [0.3, 0.4) is 0 Å². The molecule has 0 radical (unpaired) electrons. The second kappa shape index (κ2) is 5.55. The van der Waals surface area contributed by atoms with Crippen LogP contribution in [0.25, 0.3) is 0 Å². The zero-order valence-corrected chi connectivity index (χ0v) is 9.12. The van der Waals surface area contributed by atoms with Crippen molar-refractivity contribution in [1.82, 2.24) is 10.2 Å². The second-order valence-electron chi connectivity index (χ2n) is 3.43. The highest BCUT2D eigenvalue weighted by atomic mass is 35.5. The Kier molecular flexibility index (Phi) is 5.37. The lowest BCUT2D eigenvalue weighted by Crippen LogP contribution is -2.52. The highest BCUT2D eigenvalue weighted by molar-refractivity contribution is 5.85. The number of hydrogen-bond acceptors (Lipinski definition) is 2. The Morgan fingerprint density at radius 2 is 2.13 bits per heavy atom. The Hall–Kier alpha value is -0.490. The standard InChI is InChI=1S/C8H13F3N2O.ClH/c1-6-5-12-2-3-13(6)7(14)4-8(9,10)11;/h6,12H,2-5H2,1H3;1H/t6-;/m0./s1. The predicted molar refractivity (Wildman–Crippen MR) is 52.0 cm³/mol. The topological polar surface area (TPSA) is 32.3 Å². The van der Waals surface area contributed by atoms with Crippen molar-refractivity contribution in [2.45, 2.75) is 25.6 Å². The van der Waals surface area contributed by atoms with Gasteiger partial charge >= 0.3 is 6.18 Å². The summed E-state index contributed by atoms with van der Waals surface area (Å²) in [5, 5.41) is 3.01. The molecule has 3 nitrogen and oxygen atoms in total. The number of nitrogens with one attached hydrogen (secondary N) is 1. The maximum Gasteiger partial charge on any atom is 0.397 e. The van der Waals surface area contributed by atoms with E-state index in [1.54, 1.807) is 6.92 Å². The normalized spacial score (nSPS) is 22.1. The molecular weight excluding hydrogens is 233 g/mol. The molecule has 15 heavy (non-hydrogen) atoms. The molecule has 0 bridgehead atoms. The smallest absolute Gasteiger partial charge is 0.337 e. The molecule has 1 amide bonds. The van der Waals surface area contributed by atoms with Gasteiger partial charge in [0.1, 0.15) is 6.42 Å². The van der Waals surface area contributed by atoms with E-state index < -0.39 is 18.5 Å². The summed E-state index contributed by atoms with van der Waals surface area (Å²) >= 11 is 0. The van der Waals surface area contributed by atoms with Crippen molar-refractivity contribution in [3.8, 4) is 0 Å². The quantitative estimate of drug-likeness (QED) is 0.754. The minimum atomic E-state index is -4.40. The fraction of sp³-hybridized carbons (Fsp3) is 0.875.